The van der Waals surface area contributed by atoms with Crippen molar-refractivity contribution in [3.05, 3.63) is 95.7 Å². The van der Waals surface area contributed by atoms with Gasteiger partial charge in [-0.15, -0.1) is 0 Å². The first-order valence-corrected chi connectivity index (χ1v) is 8.24. The van der Waals surface area contributed by atoms with E-state index in [1.165, 1.54) is 11.1 Å². The summed E-state index contributed by atoms with van der Waals surface area (Å²) in [5, 5.41) is 2.79. The summed E-state index contributed by atoms with van der Waals surface area (Å²) in [4.78, 5) is 18.6. The molecular weight excluding hydrogens is 310 g/mol. The summed E-state index contributed by atoms with van der Waals surface area (Å²) in [5.74, 6) is 0.405. The van der Waals surface area contributed by atoms with Crippen LogP contribution in [0.4, 0.5) is 5.82 Å². The first-order chi connectivity index (χ1) is 12.2. The van der Waals surface area contributed by atoms with E-state index in [-0.39, 0.29) is 5.91 Å². The second kappa shape index (κ2) is 8.22. The highest BCUT2D eigenvalue weighted by molar-refractivity contribution is 6.03. The summed E-state index contributed by atoms with van der Waals surface area (Å²) in [5.41, 5.74) is 3.09. The number of benzene rings is 2. The van der Waals surface area contributed by atoms with Crippen LogP contribution in [0.25, 0.3) is 0 Å². The summed E-state index contributed by atoms with van der Waals surface area (Å²) < 4.78 is 0. The molecule has 0 bridgehead atoms. The number of anilines is 1. The molecule has 1 amide bonds. The smallest absolute Gasteiger partial charge is 0.256 e. The maximum atomic E-state index is 12.2. The van der Waals surface area contributed by atoms with Crippen LogP contribution in [-0.2, 0) is 13.1 Å². The Hall–Kier alpha value is -2.98. The van der Waals surface area contributed by atoms with E-state index in [4.69, 9.17) is 0 Å². The molecule has 2 aromatic carbocycles. The number of carbonyl (C=O) groups is 1. The number of hydrogen-bond donors (Lipinski definition) is 1. The van der Waals surface area contributed by atoms with Crippen LogP contribution in [-0.4, -0.2) is 22.8 Å². The highest BCUT2D eigenvalue weighted by Crippen LogP contribution is 2.11. The minimum absolute atomic E-state index is 0.150. The van der Waals surface area contributed by atoms with Gasteiger partial charge >= 0.3 is 0 Å². The van der Waals surface area contributed by atoms with Crippen molar-refractivity contribution < 1.29 is 4.79 Å². The molecule has 0 atom stereocenters. The van der Waals surface area contributed by atoms with Gasteiger partial charge in [-0.05, 0) is 42.4 Å². The zero-order valence-corrected chi connectivity index (χ0v) is 14.2. The molecule has 0 saturated heterocycles. The number of rotatable bonds is 6. The largest absolute Gasteiger partial charge is 0.307 e. The molecule has 3 aromatic rings. The molecule has 0 saturated carbocycles. The molecule has 0 radical (unpaired) electrons. The molecule has 3 rings (SSSR count). The number of amides is 1. The quantitative estimate of drug-likeness (QED) is 0.743. The van der Waals surface area contributed by atoms with E-state index in [1.54, 1.807) is 12.3 Å². The monoisotopic (exact) mass is 331 g/mol. The lowest BCUT2D eigenvalue weighted by Gasteiger charge is -2.17. The minimum Gasteiger partial charge on any atom is -0.307 e. The molecule has 126 valence electrons. The van der Waals surface area contributed by atoms with Gasteiger partial charge in [0.05, 0.1) is 0 Å². The number of pyridine rings is 1. The standard InChI is InChI=1S/C21H21N3O/c1-24(15-17-7-3-2-4-8-17)16-18-10-12-19(13-11-18)21(25)23-20-9-5-6-14-22-20/h2-14H,15-16H2,1H3,(H,22,23,25). The van der Waals surface area contributed by atoms with Crippen molar-refractivity contribution in [2.24, 2.45) is 0 Å². The zero-order chi connectivity index (χ0) is 17.5. The van der Waals surface area contributed by atoms with Crippen LogP contribution < -0.4 is 5.32 Å². The van der Waals surface area contributed by atoms with Crippen molar-refractivity contribution >= 4 is 11.7 Å². The van der Waals surface area contributed by atoms with E-state index in [0.717, 1.165) is 13.1 Å². The maximum Gasteiger partial charge on any atom is 0.256 e. The van der Waals surface area contributed by atoms with E-state index in [2.05, 4.69) is 46.5 Å². The number of nitrogens with one attached hydrogen (secondary N) is 1. The van der Waals surface area contributed by atoms with Crippen molar-refractivity contribution in [2.75, 3.05) is 12.4 Å². The summed E-state index contributed by atoms with van der Waals surface area (Å²) in [6, 6.07) is 23.5. The molecule has 0 unspecified atom stereocenters. The van der Waals surface area contributed by atoms with E-state index in [1.807, 2.05) is 42.5 Å². The predicted molar refractivity (Wildman–Crippen MR) is 100 cm³/mol. The van der Waals surface area contributed by atoms with Crippen LogP contribution in [0, 0.1) is 0 Å². The van der Waals surface area contributed by atoms with Gasteiger partial charge in [-0.25, -0.2) is 4.98 Å². The Kier molecular flexibility index (Phi) is 5.54. The van der Waals surface area contributed by atoms with Crippen molar-refractivity contribution in [1.82, 2.24) is 9.88 Å². The van der Waals surface area contributed by atoms with Gasteiger partial charge in [-0.1, -0.05) is 48.5 Å². The van der Waals surface area contributed by atoms with Crippen LogP contribution in [0.2, 0.25) is 0 Å². The van der Waals surface area contributed by atoms with Crippen LogP contribution >= 0.6 is 0 Å². The van der Waals surface area contributed by atoms with Crippen molar-refractivity contribution in [1.29, 1.82) is 0 Å². The van der Waals surface area contributed by atoms with Gasteiger partial charge in [0.25, 0.3) is 5.91 Å². The van der Waals surface area contributed by atoms with E-state index in [9.17, 15) is 4.79 Å². The highest BCUT2D eigenvalue weighted by atomic mass is 16.1. The van der Waals surface area contributed by atoms with Gasteiger partial charge in [0.2, 0.25) is 0 Å². The van der Waals surface area contributed by atoms with Crippen molar-refractivity contribution in [2.45, 2.75) is 13.1 Å². The van der Waals surface area contributed by atoms with Gasteiger partial charge in [-0.3, -0.25) is 9.69 Å². The molecule has 4 heteroatoms. The zero-order valence-electron chi connectivity index (χ0n) is 14.2. The van der Waals surface area contributed by atoms with Gasteiger partial charge in [0.1, 0.15) is 5.82 Å². The molecule has 1 heterocycles. The number of aromatic nitrogens is 1. The third-order valence-corrected chi connectivity index (χ3v) is 3.87. The van der Waals surface area contributed by atoms with Crippen molar-refractivity contribution in [3.63, 3.8) is 0 Å². The number of carbonyl (C=O) groups excluding carboxylic acids is 1. The number of hydrogen-bond acceptors (Lipinski definition) is 3. The molecule has 1 N–H and O–H groups in total. The summed E-state index contributed by atoms with van der Waals surface area (Å²) >= 11 is 0. The van der Waals surface area contributed by atoms with Crippen molar-refractivity contribution in [3.8, 4) is 0 Å². The SMILES string of the molecule is CN(Cc1ccccc1)Cc1ccc(C(=O)Nc2ccccn2)cc1. The van der Waals surface area contributed by atoms with Gasteiger partial charge < -0.3 is 5.32 Å². The molecule has 0 fully saturated rings. The maximum absolute atomic E-state index is 12.2. The Morgan fingerprint density at radius 3 is 2.16 bits per heavy atom. The lowest BCUT2D eigenvalue weighted by molar-refractivity contribution is 0.102. The molecule has 0 aliphatic heterocycles. The lowest BCUT2D eigenvalue weighted by Crippen LogP contribution is -2.17. The Balaban J connectivity index is 1.57. The van der Waals surface area contributed by atoms with Gasteiger partial charge in [0.15, 0.2) is 0 Å². The molecule has 0 spiro atoms. The number of nitrogens with zero attached hydrogens (tertiary/aromatic N) is 2. The lowest BCUT2D eigenvalue weighted by atomic mass is 10.1. The third kappa shape index (κ3) is 4.99. The Labute approximate surface area is 148 Å². The van der Waals surface area contributed by atoms with E-state index < -0.39 is 0 Å². The fraction of sp³-hybridized carbons (Fsp3) is 0.143. The Bertz CT molecular complexity index is 802. The van der Waals surface area contributed by atoms with Crippen LogP contribution in [0.1, 0.15) is 21.5 Å². The van der Waals surface area contributed by atoms with E-state index in [0.29, 0.717) is 11.4 Å². The Morgan fingerprint density at radius 1 is 0.880 bits per heavy atom. The normalized spacial score (nSPS) is 10.6. The highest BCUT2D eigenvalue weighted by Gasteiger charge is 2.07. The van der Waals surface area contributed by atoms with Gasteiger partial charge in [0, 0.05) is 24.8 Å². The molecular formula is C21H21N3O. The van der Waals surface area contributed by atoms with Crippen LogP contribution in [0.3, 0.4) is 0 Å². The summed E-state index contributed by atoms with van der Waals surface area (Å²) in [6.45, 7) is 1.72. The topological polar surface area (TPSA) is 45.2 Å². The minimum atomic E-state index is -0.150. The first-order valence-electron chi connectivity index (χ1n) is 8.24. The average Bonchev–Trinajstić information content (AvgIpc) is 2.64. The average molecular weight is 331 g/mol. The molecule has 25 heavy (non-hydrogen) atoms. The fourth-order valence-electron chi connectivity index (χ4n) is 2.65. The molecule has 0 aliphatic rings. The first kappa shape index (κ1) is 16.9. The van der Waals surface area contributed by atoms with Crippen LogP contribution in [0.5, 0.6) is 0 Å². The summed E-state index contributed by atoms with van der Waals surface area (Å²) in [6.07, 6.45) is 1.65. The molecule has 1 aromatic heterocycles. The summed E-state index contributed by atoms with van der Waals surface area (Å²) in [7, 11) is 2.09. The molecule has 4 nitrogen and oxygen atoms in total. The van der Waals surface area contributed by atoms with E-state index >= 15 is 0 Å². The van der Waals surface area contributed by atoms with Gasteiger partial charge in [-0.2, -0.15) is 0 Å². The molecule has 0 aliphatic carbocycles. The third-order valence-electron chi connectivity index (χ3n) is 3.87. The second-order valence-electron chi connectivity index (χ2n) is 6.02. The second-order valence-corrected chi connectivity index (χ2v) is 6.02. The fourth-order valence-corrected chi connectivity index (χ4v) is 2.65. The van der Waals surface area contributed by atoms with Crippen LogP contribution in [0.15, 0.2) is 79.0 Å². The Morgan fingerprint density at radius 2 is 1.52 bits per heavy atom. The predicted octanol–water partition coefficient (Wildman–Crippen LogP) is 3.97.